The van der Waals surface area contributed by atoms with Gasteiger partial charge in [0.1, 0.15) is 0 Å². The second-order valence-electron chi connectivity index (χ2n) is 13.5. The third-order valence-electron chi connectivity index (χ3n) is 11.8. The highest BCUT2D eigenvalue weighted by Gasteiger charge is 2.63. The van der Waals surface area contributed by atoms with Crippen LogP contribution in [-0.4, -0.2) is 22.9 Å². The second-order valence-corrected chi connectivity index (χ2v) is 13.5. The van der Waals surface area contributed by atoms with Gasteiger partial charge in [-0.3, -0.25) is 0 Å². The van der Waals surface area contributed by atoms with E-state index in [-0.39, 0.29) is 23.5 Å². The number of rotatable bonds is 5. The highest BCUT2D eigenvalue weighted by atomic mass is 16.3. The average molecular weight is 443 g/mol. The molecular formula is C30H50O2. The number of aliphatic hydroxyl groups excluding tert-OH is 2. The molecule has 2 heteroatoms. The number of hydrogen-bond donors (Lipinski definition) is 2. The molecule has 0 amide bonds. The smallest absolute Gasteiger partial charge is 0.0639 e. The van der Waals surface area contributed by atoms with Gasteiger partial charge in [-0.15, -0.1) is 0 Å². The fourth-order valence-corrected chi connectivity index (χ4v) is 9.49. The van der Waals surface area contributed by atoms with Crippen molar-refractivity contribution < 1.29 is 10.2 Å². The molecule has 0 aliphatic heterocycles. The molecule has 32 heavy (non-hydrogen) atoms. The summed E-state index contributed by atoms with van der Waals surface area (Å²) in [5, 5.41) is 20.1. The van der Waals surface area contributed by atoms with Gasteiger partial charge in [0.15, 0.2) is 0 Å². The van der Waals surface area contributed by atoms with Crippen LogP contribution in [0, 0.1) is 39.4 Å². The molecule has 0 aromatic carbocycles. The minimum absolute atomic E-state index is 0.0279. The van der Waals surface area contributed by atoms with Crippen LogP contribution in [0.4, 0.5) is 0 Å². The van der Waals surface area contributed by atoms with E-state index >= 15 is 0 Å². The van der Waals surface area contributed by atoms with Crippen molar-refractivity contribution in [1.29, 1.82) is 0 Å². The lowest BCUT2D eigenvalue weighted by Gasteiger charge is -2.62. The molecular weight excluding hydrogens is 392 g/mol. The Labute approximate surface area is 198 Å². The molecule has 7 atom stereocenters. The van der Waals surface area contributed by atoms with Crippen LogP contribution in [0.5, 0.6) is 0 Å². The van der Waals surface area contributed by atoms with Crippen LogP contribution < -0.4 is 0 Å². The molecule has 0 radical (unpaired) electrons. The molecule has 0 spiro atoms. The molecule has 0 aromatic rings. The maximum absolute atomic E-state index is 10.8. The fraction of sp³-hybridized carbons (Fsp3) is 0.867. The predicted molar refractivity (Wildman–Crippen MR) is 134 cm³/mol. The third-order valence-corrected chi connectivity index (χ3v) is 11.8. The minimum atomic E-state index is -0.146. The van der Waals surface area contributed by atoms with E-state index in [0.29, 0.717) is 16.7 Å². The lowest BCUT2D eigenvalue weighted by molar-refractivity contribution is -0.0962. The van der Waals surface area contributed by atoms with E-state index < -0.39 is 0 Å². The van der Waals surface area contributed by atoms with Crippen LogP contribution >= 0.6 is 0 Å². The van der Waals surface area contributed by atoms with Gasteiger partial charge in [0.25, 0.3) is 0 Å². The van der Waals surface area contributed by atoms with Gasteiger partial charge in [0.05, 0.1) is 12.7 Å². The zero-order valence-electron chi connectivity index (χ0n) is 22.1. The standard InChI is InChI=1S/C30H50O2/c1-20(19-31)9-8-10-21(2)22-13-17-30(7)24-11-12-25-27(3,4)26(32)15-16-28(25,5)23(24)14-18-29(22,30)6/h9,21-22,25-26,31-32H,8,10-19H2,1-7H3/b20-9-/t21?,22-,25?,26?,28+,29-,30+/m0/s1. The maximum atomic E-state index is 10.8. The first-order chi connectivity index (χ1) is 14.9. The topological polar surface area (TPSA) is 40.5 Å². The fourth-order valence-electron chi connectivity index (χ4n) is 9.49. The van der Waals surface area contributed by atoms with E-state index in [1.807, 2.05) is 18.1 Å². The summed E-state index contributed by atoms with van der Waals surface area (Å²) in [4.78, 5) is 0. The first-order valence-electron chi connectivity index (χ1n) is 13.6. The molecule has 2 nitrogen and oxygen atoms in total. The average Bonchev–Trinajstić information content (AvgIpc) is 3.02. The Kier molecular flexibility index (Phi) is 6.33. The summed E-state index contributed by atoms with van der Waals surface area (Å²) in [6, 6.07) is 0. The van der Waals surface area contributed by atoms with Crippen LogP contribution in [0.3, 0.4) is 0 Å². The van der Waals surface area contributed by atoms with Crippen molar-refractivity contribution in [2.75, 3.05) is 6.61 Å². The highest BCUT2D eigenvalue weighted by Crippen LogP contribution is 2.72. The Morgan fingerprint density at radius 2 is 1.72 bits per heavy atom. The van der Waals surface area contributed by atoms with Crippen LogP contribution in [0.15, 0.2) is 22.8 Å². The molecule has 0 heterocycles. The molecule has 182 valence electrons. The van der Waals surface area contributed by atoms with Gasteiger partial charge in [-0.25, -0.2) is 0 Å². The Bertz CT molecular complexity index is 791. The lowest BCUT2D eigenvalue weighted by atomic mass is 9.43. The van der Waals surface area contributed by atoms with Crippen molar-refractivity contribution in [2.45, 2.75) is 119 Å². The van der Waals surface area contributed by atoms with Crippen LogP contribution in [0.25, 0.3) is 0 Å². The summed E-state index contributed by atoms with van der Waals surface area (Å²) < 4.78 is 0. The summed E-state index contributed by atoms with van der Waals surface area (Å²) in [6.45, 7) is 17.2. The molecule has 3 unspecified atom stereocenters. The largest absolute Gasteiger partial charge is 0.393 e. The van der Waals surface area contributed by atoms with E-state index in [9.17, 15) is 10.2 Å². The lowest BCUT2D eigenvalue weighted by Crippen LogP contribution is -2.55. The van der Waals surface area contributed by atoms with Gasteiger partial charge in [-0.05, 0) is 111 Å². The van der Waals surface area contributed by atoms with Gasteiger partial charge in [-0.2, -0.15) is 0 Å². The summed E-state index contributed by atoms with van der Waals surface area (Å²) in [6.07, 6.45) is 14.5. The zero-order chi connectivity index (χ0) is 23.5. The summed E-state index contributed by atoms with van der Waals surface area (Å²) in [5.41, 5.74) is 5.86. The molecule has 4 rings (SSSR count). The van der Waals surface area contributed by atoms with Gasteiger partial charge in [-0.1, -0.05) is 64.3 Å². The number of allylic oxidation sites excluding steroid dienone is 3. The molecule has 0 aromatic heterocycles. The number of hydrogen-bond acceptors (Lipinski definition) is 2. The zero-order valence-corrected chi connectivity index (χ0v) is 22.1. The molecule has 2 N–H and O–H groups in total. The van der Waals surface area contributed by atoms with Gasteiger partial charge in [0.2, 0.25) is 0 Å². The van der Waals surface area contributed by atoms with Crippen molar-refractivity contribution in [3.8, 4) is 0 Å². The Hall–Kier alpha value is -0.600. The Morgan fingerprint density at radius 3 is 2.41 bits per heavy atom. The molecule has 0 bridgehead atoms. The Balaban J connectivity index is 1.62. The first kappa shape index (κ1) is 24.5. The highest BCUT2D eigenvalue weighted by molar-refractivity contribution is 5.38. The molecule has 2 saturated carbocycles. The van der Waals surface area contributed by atoms with Crippen molar-refractivity contribution in [1.82, 2.24) is 0 Å². The number of aliphatic hydroxyl groups is 2. The third kappa shape index (κ3) is 3.41. The van der Waals surface area contributed by atoms with Crippen molar-refractivity contribution in [3.05, 3.63) is 22.8 Å². The van der Waals surface area contributed by atoms with Crippen molar-refractivity contribution in [2.24, 2.45) is 39.4 Å². The van der Waals surface area contributed by atoms with E-state index in [1.165, 1.54) is 51.4 Å². The van der Waals surface area contributed by atoms with Crippen LogP contribution in [-0.2, 0) is 0 Å². The van der Waals surface area contributed by atoms with Gasteiger partial charge in [0, 0.05) is 0 Å². The molecule has 0 saturated heterocycles. The van der Waals surface area contributed by atoms with Crippen LogP contribution in [0.2, 0.25) is 0 Å². The second kappa shape index (κ2) is 8.26. The van der Waals surface area contributed by atoms with E-state index in [4.69, 9.17) is 0 Å². The SMILES string of the molecule is C/C(=C/CCC(C)[C@@H]1CC[C@]2(C)C3=C(CC[C@@]12C)[C@@]1(C)CCC(O)C(C)(C)C1CC3)CO. The summed E-state index contributed by atoms with van der Waals surface area (Å²) in [7, 11) is 0. The quantitative estimate of drug-likeness (QED) is 0.434. The van der Waals surface area contributed by atoms with Gasteiger partial charge < -0.3 is 10.2 Å². The van der Waals surface area contributed by atoms with E-state index in [2.05, 4.69) is 47.6 Å². The molecule has 4 aliphatic carbocycles. The normalized spacial score (nSPS) is 44.7. The minimum Gasteiger partial charge on any atom is -0.393 e. The Morgan fingerprint density at radius 1 is 1.00 bits per heavy atom. The molecule has 4 aliphatic rings. The first-order valence-corrected chi connectivity index (χ1v) is 13.6. The predicted octanol–water partition coefficient (Wildman–Crippen LogP) is 7.45. The van der Waals surface area contributed by atoms with E-state index in [0.717, 1.165) is 30.3 Å². The van der Waals surface area contributed by atoms with Crippen molar-refractivity contribution >= 4 is 0 Å². The monoisotopic (exact) mass is 442 g/mol. The van der Waals surface area contributed by atoms with Gasteiger partial charge >= 0.3 is 0 Å². The molecule has 2 fully saturated rings. The summed E-state index contributed by atoms with van der Waals surface area (Å²) >= 11 is 0. The van der Waals surface area contributed by atoms with E-state index in [1.54, 1.807) is 0 Å². The summed E-state index contributed by atoms with van der Waals surface area (Å²) in [5.74, 6) is 2.16. The van der Waals surface area contributed by atoms with Crippen molar-refractivity contribution in [3.63, 3.8) is 0 Å². The van der Waals surface area contributed by atoms with Crippen LogP contribution in [0.1, 0.15) is 113 Å². The number of fused-ring (bicyclic) bond motifs is 4. The maximum Gasteiger partial charge on any atom is 0.0639 e.